The predicted octanol–water partition coefficient (Wildman–Crippen LogP) is 1.23. The van der Waals surface area contributed by atoms with Crippen molar-refractivity contribution in [1.82, 2.24) is 0 Å². The molecule has 1 aliphatic carbocycles. The lowest BCUT2D eigenvalue weighted by atomic mass is 9.73. The Balaban J connectivity index is 2.35. The van der Waals surface area contributed by atoms with Gasteiger partial charge >= 0.3 is 5.97 Å². The van der Waals surface area contributed by atoms with Crippen LogP contribution in [0.2, 0.25) is 0 Å². The highest BCUT2D eigenvalue weighted by Crippen LogP contribution is 2.40. The predicted molar refractivity (Wildman–Crippen MR) is 46.0 cm³/mol. The largest absolute Gasteiger partial charge is 0.465 e. The molecule has 0 amide bonds. The Morgan fingerprint density at radius 3 is 2.69 bits per heavy atom. The van der Waals surface area contributed by atoms with Crippen LogP contribution >= 0.6 is 0 Å². The summed E-state index contributed by atoms with van der Waals surface area (Å²) in [4.78, 5) is 23.1. The molecule has 2 aliphatic rings. The van der Waals surface area contributed by atoms with Crippen LogP contribution in [0.4, 0.5) is 0 Å². The number of carbonyl (C=O) groups is 2. The maximum absolute atomic E-state index is 11.7. The summed E-state index contributed by atoms with van der Waals surface area (Å²) in [6.07, 6.45) is 3.62. The van der Waals surface area contributed by atoms with Gasteiger partial charge in [0, 0.05) is 6.42 Å². The first kappa shape index (κ1) is 8.48. The highest BCUT2D eigenvalue weighted by atomic mass is 16.5. The van der Waals surface area contributed by atoms with Crippen molar-refractivity contribution >= 4 is 11.8 Å². The number of hydrogen-bond acceptors (Lipinski definition) is 3. The van der Waals surface area contributed by atoms with Crippen LogP contribution in [0.15, 0.2) is 11.6 Å². The maximum atomic E-state index is 11.7. The molecule has 0 saturated carbocycles. The molecule has 3 nitrogen and oxygen atoms in total. The van der Waals surface area contributed by atoms with Crippen molar-refractivity contribution in [3.8, 4) is 0 Å². The van der Waals surface area contributed by atoms with Gasteiger partial charge in [-0.1, -0.05) is 5.57 Å². The van der Waals surface area contributed by atoms with E-state index in [2.05, 4.69) is 0 Å². The van der Waals surface area contributed by atoms with Gasteiger partial charge in [0.1, 0.15) is 5.41 Å². The van der Waals surface area contributed by atoms with Gasteiger partial charge in [0.15, 0.2) is 5.78 Å². The summed E-state index contributed by atoms with van der Waals surface area (Å²) in [6.45, 7) is 2.32. The van der Waals surface area contributed by atoms with Gasteiger partial charge in [-0.25, -0.2) is 0 Å². The molecule has 0 aromatic heterocycles. The van der Waals surface area contributed by atoms with Crippen molar-refractivity contribution in [3.63, 3.8) is 0 Å². The van der Waals surface area contributed by atoms with Crippen LogP contribution in [-0.2, 0) is 14.3 Å². The number of carbonyl (C=O) groups excluding carboxylic acids is 2. The molecule has 3 heteroatoms. The molecule has 0 radical (unpaired) electrons. The molecule has 1 saturated heterocycles. The number of cyclic esters (lactones) is 1. The smallest absolute Gasteiger partial charge is 0.320 e. The zero-order valence-electron chi connectivity index (χ0n) is 7.63. The van der Waals surface area contributed by atoms with Gasteiger partial charge in [0.25, 0.3) is 0 Å². The van der Waals surface area contributed by atoms with E-state index in [1.54, 1.807) is 6.08 Å². The van der Waals surface area contributed by atoms with E-state index in [1.165, 1.54) is 0 Å². The average Bonchev–Trinajstić information content (AvgIpc) is 2.43. The van der Waals surface area contributed by atoms with Crippen LogP contribution in [0, 0.1) is 5.41 Å². The van der Waals surface area contributed by atoms with E-state index in [1.807, 2.05) is 6.92 Å². The number of hydrogen-bond donors (Lipinski definition) is 0. The Labute approximate surface area is 76.8 Å². The molecule has 1 atom stereocenters. The van der Waals surface area contributed by atoms with Gasteiger partial charge in [0.05, 0.1) is 6.61 Å². The number of allylic oxidation sites excluding steroid dienone is 2. The fourth-order valence-corrected chi connectivity index (χ4v) is 1.98. The summed E-state index contributed by atoms with van der Waals surface area (Å²) >= 11 is 0. The average molecular weight is 180 g/mol. The van der Waals surface area contributed by atoms with Crippen molar-refractivity contribution in [3.05, 3.63) is 11.6 Å². The fraction of sp³-hybridized carbons (Fsp3) is 0.600. The number of rotatable bonds is 0. The summed E-state index contributed by atoms with van der Waals surface area (Å²) in [5.41, 5.74) is 0.259. The minimum atomic E-state index is -0.806. The monoisotopic (exact) mass is 180 g/mol. The Hall–Kier alpha value is -1.12. The highest BCUT2D eigenvalue weighted by molar-refractivity contribution is 6.10. The minimum absolute atomic E-state index is 0.0567. The van der Waals surface area contributed by atoms with Gasteiger partial charge in [-0.3, -0.25) is 9.59 Å². The standard InChI is InChI=1S/C10H12O3/c1-7-2-3-10(8(11)6-7)4-5-13-9(10)12/h6H,2-5H2,1H3/t10-/m0/s1. The topological polar surface area (TPSA) is 43.4 Å². The van der Waals surface area contributed by atoms with Gasteiger partial charge < -0.3 is 4.74 Å². The third-order valence-electron chi connectivity index (χ3n) is 2.95. The van der Waals surface area contributed by atoms with Gasteiger partial charge in [-0.15, -0.1) is 0 Å². The highest BCUT2D eigenvalue weighted by Gasteiger charge is 2.50. The van der Waals surface area contributed by atoms with Crippen LogP contribution in [0.25, 0.3) is 0 Å². The molecular formula is C10H12O3. The third kappa shape index (κ3) is 1.10. The van der Waals surface area contributed by atoms with E-state index in [9.17, 15) is 9.59 Å². The Kier molecular flexibility index (Phi) is 1.75. The zero-order chi connectivity index (χ0) is 9.47. The Morgan fingerprint density at radius 2 is 2.15 bits per heavy atom. The minimum Gasteiger partial charge on any atom is -0.465 e. The first-order valence-corrected chi connectivity index (χ1v) is 4.54. The molecule has 70 valence electrons. The van der Waals surface area contributed by atoms with Crippen LogP contribution in [-0.4, -0.2) is 18.4 Å². The molecule has 0 bridgehead atoms. The zero-order valence-corrected chi connectivity index (χ0v) is 7.63. The summed E-state index contributed by atoms with van der Waals surface area (Å²) < 4.78 is 4.86. The summed E-state index contributed by atoms with van der Waals surface area (Å²) in [7, 11) is 0. The fourth-order valence-electron chi connectivity index (χ4n) is 1.98. The number of ketones is 1. The molecule has 1 aliphatic heterocycles. The molecular weight excluding hydrogens is 168 g/mol. The van der Waals surface area contributed by atoms with Crippen molar-refractivity contribution in [2.45, 2.75) is 26.2 Å². The number of ether oxygens (including phenoxy) is 1. The first-order valence-electron chi connectivity index (χ1n) is 4.54. The van der Waals surface area contributed by atoms with E-state index in [4.69, 9.17) is 4.74 Å². The first-order chi connectivity index (χ1) is 6.15. The molecule has 13 heavy (non-hydrogen) atoms. The quantitative estimate of drug-likeness (QED) is 0.416. The van der Waals surface area contributed by atoms with E-state index >= 15 is 0 Å². The van der Waals surface area contributed by atoms with Crippen molar-refractivity contribution in [2.24, 2.45) is 5.41 Å². The Bertz CT molecular complexity index is 303. The molecule has 1 spiro atoms. The summed E-state index contributed by atoms with van der Waals surface area (Å²) in [5, 5.41) is 0. The lowest BCUT2D eigenvalue weighted by molar-refractivity contribution is -0.150. The second-order valence-corrected chi connectivity index (χ2v) is 3.82. The van der Waals surface area contributed by atoms with E-state index in [-0.39, 0.29) is 11.8 Å². The number of esters is 1. The molecule has 0 aromatic rings. The van der Waals surface area contributed by atoms with Crippen LogP contribution in [0.1, 0.15) is 26.2 Å². The van der Waals surface area contributed by atoms with Crippen LogP contribution in [0.5, 0.6) is 0 Å². The molecule has 2 rings (SSSR count). The van der Waals surface area contributed by atoms with Gasteiger partial charge in [-0.05, 0) is 25.8 Å². The Morgan fingerprint density at radius 1 is 1.38 bits per heavy atom. The lowest BCUT2D eigenvalue weighted by Gasteiger charge is -2.25. The van der Waals surface area contributed by atoms with Crippen LogP contribution < -0.4 is 0 Å². The maximum Gasteiger partial charge on any atom is 0.320 e. The van der Waals surface area contributed by atoms with Crippen LogP contribution in [0.3, 0.4) is 0 Å². The second-order valence-electron chi connectivity index (χ2n) is 3.82. The molecule has 0 aromatic carbocycles. The normalized spacial score (nSPS) is 33.5. The van der Waals surface area contributed by atoms with Crippen molar-refractivity contribution in [1.29, 1.82) is 0 Å². The molecule has 0 N–H and O–H groups in total. The second kappa shape index (κ2) is 2.69. The third-order valence-corrected chi connectivity index (χ3v) is 2.95. The summed E-state index contributed by atoms with van der Waals surface area (Å²) in [5.74, 6) is -0.375. The lowest BCUT2D eigenvalue weighted by Crippen LogP contribution is -2.36. The molecule has 0 unspecified atom stereocenters. The van der Waals surface area contributed by atoms with E-state index < -0.39 is 5.41 Å². The van der Waals surface area contributed by atoms with E-state index in [0.717, 1.165) is 12.0 Å². The SMILES string of the molecule is CC1=CC(=O)[C@@]2(CCOC2=O)CC1. The van der Waals surface area contributed by atoms with Gasteiger partial charge in [-0.2, -0.15) is 0 Å². The van der Waals surface area contributed by atoms with E-state index in [0.29, 0.717) is 19.4 Å². The summed E-state index contributed by atoms with van der Waals surface area (Å²) in [6, 6.07) is 0. The van der Waals surface area contributed by atoms with Crippen molar-refractivity contribution in [2.75, 3.05) is 6.61 Å². The molecule has 1 heterocycles. The molecule has 1 fully saturated rings. The van der Waals surface area contributed by atoms with Gasteiger partial charge in [0.2, 0.25) is 0 Å². The van der Waals surface area contributed by atoms with Crippen molar-refractivity contribution < 1.29 is 14.3 Å².